The third-order valence-electron chi connectivity index (χ3n) is 4.79. The number of carbonyl (C=O) groups is 1. The number of amides is 1. The third-order valence-corrected chi connectivity index (χ3v) is 4.79. The van der Waals surface area contributed by atoms with E-state index in [2.05, 4.69) is 11.1 Å². The summed E-state index contributed by atoms with van der Waals surface area (Å²) in [6.07, 6.45) is 0. The predicted molar refractivity (Wildman–Crippen MR) is 99.3 cm³/mol. The highest BCUT2D eigenvalue weighted by Crippen LogP contribution is 2.37. The number of anilines is 1. The number of rotatable bonds is 2. The molecule has 0 fully saturated rings. The van der Waals surface area contributed by atoms with E-state index in [1.807, 2.05) is 19.9 Å². The number of nitrogen functional groups attached to an aromatic ring is 1. The number of aromatic nitrogens is 2. The summed E-state index contributed by atoms with van der Waals surface area (Å²) in [5.74, 6) is -0.564. The fourth-order valence-electron chi connectivity index (χ4n) is 3.23. The molecule has 7 nitrogen and oxygen atoms in total. The Bertz CT molecular complexity index is 1140. The number of primary amides is 1. The van der Waals surface area contributed by atoms with Crippen LogP contribution in [0.3, 0.4) is 0 Å². The lowest BCUT2D eigenvalue weighted by Gasteiger charge is -2.16. The van der Waals surface area contributed by atoms with Crippen molar-refractivity contribution >= 4 is 22.8 Å². The summed E-state index contributed by atoms with van der Waals surface area (Å²) in [7, 11) is 0. The molecule has 3 rings (SSSR count). The van der Waals surface area contributed by atoms with Gasteiger partial charge in [0.1, 0.15) is 17.2 Å². The molecule has 1 amide bonds. The first-order chi connectivity index (χ1) is 12.2. The largest absolute Gasteiger partial charge is 0.508 e. The zero-order valence-corrected chi connectivity index (χ0v) is 15.0. The summed E-state index contributed by atoms with van der Waals surface area (Å²) in [5.41, 5.74) is 16.2. The number of benzene rings is 1. The molecule has 2 heterocycles. The van der Waals surface area contributed by atoms with E-state index < -0.39 is 5.91 Å². The van der Waals surface area contributed by atoms with Gasteiger partial charge in [0.15, 0.2) is 0 Å². The number of phenols is 1. The second-order valence-electron chi connectivity index (χ2n) is 6.38. The molecule has 1 aromatic carbocycles. The van der Waals surface area contributed by atoms with Gasteiger partial charge in [-0.15, -0.1) is 0 Å². The Kier molecular flexibility index (Phi) is 3.84. The molecule has 2 aromatic heterocycles. The van der Waals surface area contributed by atoms with E-state index in [9.17, 15) is 15.2 Å². The standard InChI is InChI=1S/C19H19N5O2/c1-8-5-13-15(18(22)26)17(21)24(19(13)23-11(8)4)16-9(2)12(7-20)6-14(25)10(16)3/h5-6,25H,21H2,1-4H3,(H2,22,26). The Labute approximate surface area is 150 Å². The van der Waals surface area contributed by atoms with Crippen LogP contribution < -0.4 is 11.5 Å². The van der Waals surface area contributed by atoms with Crippen molar-refractivity contribution in [2.24, 2.45) is 5.73 Å². The molecule has 0 saturated carbocycles. The topological polar surface area (TPSA) is 131 Å². The first-order valence-electron chi connectivity index (χ1n) is 8.00. The molecular formula is C19H19N5O2. The monoisotopic (exact) mass is 349 g/mol. The molecule has 0 aliphatic heterocycles. The highest BCUT2D eigenvalue weighted by atomic mass is 16.3. The lowest BCUT2D eigenvalue weighted by atomic mass is 10.0. The maximum Gasteiger partial charge on any atom is 0.253 e. The van der Waals surface area contributed by atoms with Gasteiger partial charge >= 0.3 is 0 Å². The normalized spacial score (nSPS) is 10.9. The summed E-state index contributed by atoms with van der Waals surface area (Å²) < 4.78 is 1.59. The minimum absolute atomic E-state index is 0.0344. The molecule has 0 unspecified atom stereocenters. The maximum atomic E-state index is 12.0. The van der Waals surface area contributed by atoms with Crippen LogP contribution in [-0.2, 0) is 0 Å². The molecule has 0 spiro atoms. The number of carbonyl (C=O) groups excluding carboxylic acids is 1. The molecular weight excluding hydrogens is 330 g/mol. The van der Waals surface area contributed by atoms with Gasteiger partial charge in [-0.2, -0.15) is 5.26 Å². The minimum atomic E-state index is -0.660. The number of nitriles is 1. The molecule has 3 aromatic rings. The van der Waals surface area contributed by atoms with Gasteiger partial charge in [0.05, 0.1) is 22.9 Å². The fourth-order valence-corrected chi connectivity index (χ4v) is 3.23. The molecule has 7 heteroatoms. The van der Waals surface area contributed by atoms with Gasteiger partial charge in [-0.1, -0.05) is 0 Å². The van der Waals surface area contributed by atoms with E-state index in [1.54, 1.807) is 18.4 Å². The van der Waals surface area contributed by atoms with Crippen LogP contribution >= 0.6 is 0 Å². The number of hydrogen-bond acceptors (Lipinski definition) is 5. The van der Waals surface area contributed by atoms with Crippen molar-refractivity contribution in [2.75, 3.05) is 5.73 Å². The average molecular weight is 349 g/mol. The number of aryl methyl sites for hydroxylation is 2. The lowest BCUT2D eigenvalue weighted by molar-refractivity contribution is 0.100. The van der Waals surface area contributed by atoms with Crippen molar-refractivity contribution in [3.8, 4) is 17.5 Å². The summed E-state index contributed by atoms with van der Waals surface area (Å²) in [5, 5.41) is 20.2. The minimum Gasteiger partial charge on any atom is -0.508 e. The Morgan fingerprint density at radius 1 is 1.23 bits per heavy atom. The van der Waals surface area contributed by atoms with E-state index >= 15 is 0 Å². The van der Waals surface area contributed by atoms with Crippen LogP contribution in [0.1, 0.15) is 38.3 Å². The molecule has 0 radical (unpaired) electrons. The summed E-state index contributed by atoms with van der Waals surface area (Å²) in [6, 6.07) is 5.30. The zero-order valence-electron chi connectivity index (χ0n) is 15.0. The van der Waals surface area contributed by atoms with E-state index in [-0.39, 0.29) is 17.1 Å². The average Bonchev–Trinajstić information content (AvgIpc) is 2.84. The van der Waals surface area contributed by atoms with Crippen LogP contribution in [0, 0.1) is 39.0 Å². The van der Waals surface area contributed by atoms with Gasteiger partial charge in [-0.3, -0.25) is 9.36 Å². The molecule has 0 aliphatic carbocycles. The fraction of sp³-hybridized carbons (Fsp3) is 0.211. The molecule has 5 N–H and O–H groups in total. The zero-order chi connectivity index (χ0) is 19.3. The SMILES string of the molecule is Cc1cc2c(C(N)=O)c(N)n(-c3c(C)c(O)cc(C#N)c3C)c2nc1C. The van der Waals surface area contributed by atoms with Gasteiger partial charge in [0.2, 0.25) is 0 Å². The lowest BCUT2D eigenvalue weighted by Crippen LogP contribution is -2.14. The van der Waals surface area contributed by atoms with Gasteiger partial charge in [-0.25, -0.2) is 4.98 Å². The number of phenolic OH excluding ortho intramolecular Hbond substituents is 1. The summed E-state index contributed by atoms with van der Waals surface area (Å²) in [4.78, 5) is 16.6. The summed E-state index contributed by atoms with van der Waals surface area (Å²) >= 11 is 0. The Morgan fingerprint density at radius 3 is 2.46 bits per heavy atom. The van der Waals surface area contributed by atoms with Crippen LogP contribution in [-0.4, -0.2) is 20.6 Å². The van der Waals surface area contributed by atoms with Gasteiger partial charge in [0.25, 0.3) is 5.91 Å². The smallest absolute Gasteiger partial charge is 0.253 e. The van der Waals surface area contributed by atoms with Crippen LogP contribution in [0.25, 0.3) is 16.7 Å². The highest BCUT2D eigenvalue weighted by molar-refractivity contribution is 6.11. The van der Waals surface area contributed by atoms with Crippen LogP contribution in [0.4, 0.5) is 5.82 Å². The number of aromatic hydroxyl groups is 1. The van der Waals surface area contributed by atoms with E-state index in [1.165, 1.54) is 6.07 Å². The Balaban J connectivity index is 2.58. The van der Waals surface area contributed by atoms with Gasteiger partial charge in [-0.05, 0) is 51.0 Å². The molecule has 132 valence electrons. The van der Waals surface area contributed by atoms with E-state index in [0.29, 0.717) is 33.4 Å². The van der Waals surface area contributed by atoms with Gasteiger partial charge < -0.3 is 16.6 Å². The van der Waals surface area contributed by atoms with Gasteiger partial charge in [0, 0.05) is 16.6 Å². The first kappa shape index (κ1) is 17.3. The second kappa shape index (κ2) is 5.77. The van der Waals surface area contributed by atoms with Crippen molar-refractivity contribution in [2.45, 2.75) is 27.7 Å². The quantitative estimate of drug-likeness (QED) is 0.654. The Morgan fingerprint density at radius 2 is 1.88 bits per heavy atom. The van der Waals surface area contributed by atoms with E-state index in [4.69, 9.17) is 11.5 Å². The number of pyridine rings is 1. The van der Waals surface area contributed by atoms with Crippen molar-refractivity contribution in [3.05, 3.63) is 45.6 Å². The van der Waals surface area contributed by atoms with Crippen LogP contribution in [0.2, 0.25) is 0 Å². The molecule has 26 heavy (non-hydrogen) atoms. The van der Waals surface area contributed by atoms with Crippen molar-refractivity contribution in [3.63, 3.8) is 0 Å². The van der Waals surface area contributed by atoms with Crippen molar-refractivity contribution in [1.29, 1.82) is 5.26 Å². The first-order valence-corrected chi connectivity index (χ1v) is 8.00. The second-order valence-corrected chi connectivity index (χ2v) is 6.38. The number of nitrogens with two attached hydrogens (primary N) is 2. The van der Waals surface area contributed by atoms with Crippen LogP contribution in [0.15, 0.2) is 12.1 Å². The molecule has 0 atom stereocenters. The summed E-state index contributed by atoms with van der Waals surface area (Å²) in [6.45, 7) is 7.22. The van der Waals surface area contributed by atoms with Crippen LogP contribution in [0.5, 0.6) is 5.75 Å². The molecule has 0 aliphatic rings. The predicted octanol–water partition coefficient (Wildman–Crippen LogP) is 2.52. The number of hydrogen-bond donors (Lipinski definition) is 3. The van der Waals surface area contributed by atoms with Crippen molar-refractivity contribution < 1.29 is 9.90 Å². The number of fused-ring (bicyclic) bond motifs is 1. The van der Waals surface area contributed by atoms with Crippen molar-refractivity contribution in [1.82, 2.24) is 9.55 Å². The number of nitrogens with zero attached hydrogens (tertiary/aromatic N) is 3. The third kappa shape index (κ3) is 2.27. The maximum absolute atomic E-state index is 12.0. The molecule has 0 bridgehead atoms. The Hall–Kier alpha value is -3.53. The van der Waals surface area contributed by atoms with E-state index in [0.717, 1.165) is 11.3 Å². The highest BCUT2D eigenvalue weighted by Gasteiger charge is 2.25. The molecule has 0 saturated heterocycles.